The van der Waals surface area contributed by atoms with E-state index in [1.807, 2.05) is 6.08 Å². The maximum Gasteiger partial charge on any atom is 0.333 e. The van der Waals surface area contributed by atoms with Crippen molar-refractivity contribution in [3.63, 3.8) is 0 Å². The minimum absolute atomic E-state index is 0.325. The number of carbonyl (C=O) groups excluding carboxylic acids is 2. The summed E-state index contributed by atoms with van der Waals surface area (Å²) in [4.78, 5) is 23.2. The van der Waals surface area contributed by atoms with Gasteiger partial charge in [0, 0.05) is 11.6 Å². The monoisotopic (exact) mass is 454 g/mol. The van der Waals surface area contributed by atoms with Gasteiger partial charge in [-0.1, -0.05) is 63.5 Å². The zero-order valence-electron chi connectivity index (χ0n) is 20.7. The Morgan fingerprint density at radius 2 is 1.61 bits per heavy atom. The molecular weight excluding hydrogens is 412 g/mol. The van der Waals surface area contributed by atoms with E-state index in [1.165, 1.54) is 63.0 Å². The maximum absolute atomic E-state index is 11.9. The molecule has 0 heterocycles. The third-order valence-electron chi connectivity index (χ3n) is 6.50. The molecule has 2 rings (SSSR count). The van der Waals surface area contributed by atoms with E-state index in [4.69, 9.17) is 9.47 Å². The van der Waals surface area contributed by atoms with E-state index in [2.05, 4.69) is 37.8 Å². The zero-order valence-corrected chi connectivity index (χ0v) is 20.7. The Labute approximate surface area is 200 Å². The molecule has 0 aromatic heterocycles. The van der Waals surface area contributed by atoms with Gasteiger partial charge in [-0.05, 0) is 80.9 Å². The maximum atomic E-state index is 11.9. The smallest absolute Gasteiger partial charge is 0.333 e. The fourth-order valence-corrected chi connectivity index (χ4v) is 4.40. The van der Waals surface area contributed by atoms with Crippen molar-refractivity contribution in [3.8, 4) is 0 Å². The van der Waals surface area contributed by atoms with E-state index in [0.29, 0.717) is 24.7 Å². The van der Waals surface area contributed by atoms with Crippen molar-refractivity contribution < 1.29 is 19.1 Å². The van der Waals surface area contributed by atoms with Crippen molar-refractivity contribution in [3.05, 3.63) is 53.6 Å². The van der Waals surface area contributed by atoms with Crippen LogP contribution in [0.3, 0.4) is 0 Å². The van der Waals surface area contributed by atoms with E-state index in [0.717, 1.165) is 30.7 Å². The van der Waals surface area contributed by atoms with Gasteiger partial charge in [-0.3, -0.25) is 0 Å². The average molecular weight is 455 g/mol. The number of ether oxygens (including phenoxy) is 2. The fourth-order valence-electron chi connectivity index (χ4n) is 4.40. The fraction of sp³-hybridized carbons (Fsp3) is 0.586. The Morgan fingerprint density at radius 1 is 0.939 bits per heavy atom. The predicted molar refractivity (Wildman–Crippen MR) is 135 cm³/mol. The van der Waals surface area contributed by atoms with Gasteiger partial charge in [0.1, 0.15) is 0 Å². The Bertz CT molecular complexity index is 754. The summed E-state index contributed by atoms with van der Waals surface area (Å²) in [5, 5.41) is 0. The molecule has 1 aliphatic rings. The quantitative estimate of drug-likeness (QED) is 0.167. The topological polar surface area (TPSA) is 52.6 Å². The summed E-state index contributed by atoms with van der Waals surface area (Å²) in [7, 11) is 0. The predicted octanol–water partition coefficient (Wildman–Crippen LogP) is 7.39. The molecule has 1 aliphatic carbocycles. The van der Waals surface area contributed by atoms with Crippen LogP contribution in [0.2, 0.25) is 0 Å². The lowest BCUT2D eigenvalue weighted by atomic mass is 9.77. The molecule has 1 aromatic carbocycles. The van der Waals surface area contributed by atoms with Crippen molar-refractivity contribution in [1.82, 2.24) is 0 Å². The van der Waals surface area contributed by atoms with Crippen LogP contribution >= 0.6 is 0 Å². The lowest BCUT2D eigenvalue weighted by molar-refractivity contribution is -0.139. The van der Waals surface area contributed by atoms with Gasteiger partial charge in [0.2, 0.25) is 0 Å². The highest BCUT2D eigenvalue weighted by molar-refractivity contribution is 5.87. The van der Waals surface area contributed by atoms with Gasteiger partial charge in [-0.2, -0.15) is 0 Å². The second-order valence-electron chi connectivity index (χ2n) is 9.36. The molecule has 0 amide bonds. The Hall–Kier alpha value is -2.36. The molecule has 0 radical (unpaired) electrons. The normalized spacial score (nSPS) is 18.2. The highest BCUT2D eigenvalue weighted by Gasteiger charge is 2.21. The first-order valence-corrected chi connectivity index (χ1v) is 12.8. The number of carbonyl (C=O) groups is 2. The van der Waals surface area contributed by atoms with Gasteiger partial charge in [0.05, 0.1) is 13.2 Å². The third-order valence-corrected chi connectivity index (χ3v) is 6.50. The molecular formula is C29H42O4. The summed E-state index contributed by atoms with van der Waals surface area (Å²) in [6.07, 6.45) is 16.4. The molecule has 0 atom stereocenters. The van der Waals surface area contributed by atoms with E-state index in [9.17, 15) is 9.59 Å². The zero-order chi connectivity index (χ0) is 23.9. The van der Waals surface area contributed by atoms with Crippen LogP contribution in [0.5, 0.6) is 0 Å². The van der Waals surface area contributed by atoms with Gasteiger partial charge in [-0.25, -0.2) is 9.59 Å². The molecule has 182 valence electrons. The van der Waals surface area contributed by atoms with E-state index in [-0.39, 0.29) is 11.9 Å². The van der Waals surface area contributed by atoms with Gasteiger partial charge < -0.3 is 9.47 Å². The van der Waals surface area contributed by atoms with Crippen LogP contribution in [0, 0.1) is 5.92 Å². The van der Waals surface area contributed by atoms with E-state index in [1.54, 1.807) is 6.92 Å². The van der Waals surface area contributed by atoms with E-state index >= 15 is 0 Å². The summed E-state index contributed by atoms with van der Waals surface area (Å²) in [6.45, 7) is 8.19. The summed E-state index contributed by atoms with van der Waals surface area (Å²) < 4.78 is 10.3. The highest BCUT2D eigenvalue weighted by Crippen LogP contribution is 2.37. The standard InChI is InChI=1S/C29H42O4/c1-4-5-7-10-24-11-16-26(17-12-24)27-18-13-25(14-19-27)15-20-28(30)32-21-8-6-9-22-33-29(31)23(2)3/h13-15,18-20,24,26H,2,4-12,16-17,21-22H2,1,3H3/b20-15+/t24-,26-. The van der Waals surface area contributed by atoms with Crippen molar-refractivity contribution in [2.24, 2.45) is 5.92 Å². The second-order valence-corrected chi connectivity index (χ2v) is 9.36. The number of hydrogen-bond donors (Lipinski definition) is 0. The highest BCUT2D eigenvalue weighted by atomic mass is 16.5. The van der Waals surface area contributed by atoms with Crippen LogP contribution in [-0.2, 0) is 19.1 Å². The number of rotatable bonds is 14. The van der Waals surface area contributed by atoms with Gasteiger partial charge in [0.15, 0.2) is 0 Å². The first kappa shape index (κ1) is 26.9. The molecule has 0 spiro atoms. The first-order chi connectivity index (χ1) is 16.0. The van der Waals surface area contributed by atoms with Crippen LogP contribution in [0.1, 0.15) is 102 Å². The molecule has 0 bridgehead atoms. The van der Waals surface area contributed by atoms with Crippen LogP contribution in [0.25, 0.3) is 6.08 Å². The molecule has 1 aromatic rings. The SMILES string of the molecule is C=C(C)C(=O)OCCCCCOC(=O)/C=C/c1ccc([C@H]2CC[C@H](CCCCC)CC2)cc1. The van der Waals surface area contributed by atoms with Crippen molar-refractivity contribution in [2.45, 2.75) is 90.4 Å². The molecule has 0 saturated heterocycles. The molecule has 0 aliphatic heterocycles. The number of hydrogen-bond acceptors (Lipinski definition) is 4. The molecule has 4 nitrogen and oxygen atoms in total. The molecule has 1 saturated carbocycles. The van der Waals surface area contributed by atoms with Gasteiger partial charge >= 0.3 is 11.9 Å². The average Bonchev–Trinajstić information content (AvgIpc) is 2.83. The molecule has 4 heteroatoms. The Kier molecular flexibility index (Phi) is 12.6. The largest absolute Gasteiger partial charge is 0.463 e. The lowest BCUT2D eigenvalue weighted by Crippen LogP contribution is -2.13. The molecule has 0 N–H and O–H groups in total. The first-order valence-electron chi connectivity index (χ1n) is 12.8. The van der Waals surface area contributed by atoms with Crippen molar-refractivity contribution >= 4 is 18.0 Å². The van der Waals surface area contributed by atoms with Gasteiger partial charge in [0.25, 0.3) is 0 Å². The summed E-state index contributed by atoms with van der Waals surface area (Å²) in [6, 6.07) is 8.62. The van der Waals surface area contributed by atoms with Crippen molar-refractivity contribution in [1.29, 1.82) is 0 Å². The third kappa shape index (κ3) is 10.9. The molecule has 0 unspecified atom stereocenters. The summed E-state index contributed by atoms with van der Waals surface area (Å²) >= 11 is 0. The minimum Gasteiger partial charge on any atom is -0.463 e. The minimum atomic E-state index is -0.357. The molecule has 33 heavy (non-hydrogen) atoms. The number of unbranched alkanes of at least 4 members (excludes halogenated alkanes) is 4. The van der Waals surface area contributed by atoms with Crippen LogP contribution in [0.15, 0.2) is 42.5 Å². The molecule has 1 fully saturated rings. The van der Waals surface area contributed by atoms with Gasteiger partial charge in [-0.15, -0.1) is 0 Å². The van der Waals surface area contributed by atoms with Crippen LogP contribution in [0.4, 0.5) is 0 Å². The van der Waals surface area contributed by atoms with E-state index < -0.39 is 0 Å². The lowest BCUT2D eigenvalue weighted by Gasteiger charge is -2.29. The Balaban J connectivity index is 1.61. The van der Waals surface area contributed by atoms with Crippen LogP contribution in [-0.4, -0.2) is 25.2 Å². The van der Waals surface area contributed by atoms with Crippen LogP contribution < -0.4 is 0 Å². The summed E-state index contributed by atoms with van der Waals surface area (Å²) in [5.74, 6) is 0.929. The Morgan fingerprint density at radius 3 is 2.24 bits per heavy atom. The van der Waals surface area contributed by atoms with Crippen molar-refractivity contribution in [2.75, 3.05) is 13.2 Å². The summed E-state index contributed by atoms with van der Waals surface area (Å²) in [5.41, 5.74) is 2.85. The second kappa shape index (κ2) is 15.5. The number of benzene rings is 1. The number of esters is 2.